The minimum Gasteiger partial charge on any atom is -0.462 e. The monoisotopic (exact) mass is 987 g/mol. The molecule has 6 heteroatoms. The summed E-state index contributed by atoms with van der Waals surface area (Å²) in [7, 11) is 0. The first-order valence-electron chi connectivity index (χ1n) is 29.7. The van der Waals surface area contributed by atoms with Gasteiger partial charge in [0, 0.05) is 19.3 Å². The molecule has 0 aromatic rings. The summed E-state index contributed by atoms with van der Waals surface area (Å²) >= 11 is 0. The van der Waals surface area contributed by atoms with Crippen molar-refractivity contribution in [2.45, 2.75) is 284 Å². The third-order valence-electron chi connectivity index (χ3n) is 12.5. The molecule has 0 aromatic carbocycles. The van der Waals surface area contributed by atoms with Gasteiger partial charge in [0.1, 0.15) is 13.2 Å². The molecule has 0 unspecified atom stereocenters. The summed E-state index contributed by atoms with van der Waals surface area (Å²) < 4.78 is 16.8. The van der Waals surface area contributed by atoms with Gasteiger partial charge in [-0.15, -0.1) is 0 Å². The lowest BCUT2D eigenvalue weighted by Gasteiger charge is -2.18. The van der Waals surface area contributed by atoms with E-state index in [1.165, 1.54) is 128 Å². The Morgan fingerprint density at radius 3 is 0.958 bits per heavy atom. The lowest BCUT2D eigenvalue weighted by atomic mass is 10.0. The Morgan fingerprint density at radius 2 is 0.563 bits per heavy atom. The highest BCUT2D eigenvalue weighted by Crippen LogP contribution is 2.15. The van der Waals surface area contributed by atoms with Crippen LogP contribution in [-0.4, -0.2) is 37.2 Å². The predicted octanol–water partition coefficient (Wildman–Crippen LogP) is 20.1. The van der Waals surface area contributed by atoms with Crippen molar-refractivity contribution in [3.05, 3.63) is 97.2 Å². The number of hydrogen-bond donors (Lipinski definition) is 0. The third-order valence-corrected chi connectivity index (χ3v) is 12.5. The second kappa shape index (κ2) is 58.9. The van der Waals surface area contributed by atoms with E-state index in [0.717, 1.165) is 103 Å². The van der Waals surface area contributed by atoms with Crippen LogP contribution in [0.5, 0.6) is 0 Å². The van der Waals surface area contributed by atoms with E-state index in [-0.39, 0.29) is 37.5 Å². The highest BCUT2D eigenvalue weighted by atomic mass is 16.6. The lowest BCUT2D eigenvalue weighted by molar-refractivity contribution is -0.167. The molecule has 0 aliphatic rings. The van der Waals surface area contributed by atoms with E-state index in [2.05, 4.69) is 118 Å². The van der Waals surface area contributed by atoms with Gasteiger partial charge >= 0.3 is 17.9 Å². The van der Waals surface area contributed by atoms with Gasteiger partial charge in [0.15, 0.2) is 6.10 Å². The van der Waals surface area contributed by atoms with Crippen LogP contribution in [0.2, 0.25) is 0 Å². The topological polar surface area (TPSA) is 78.9 Å². The van der Waals surface area contributed by atoms with Crippen molar-refractivity contribution in [2.75, 3.05) is 13.2 Å². The van der Waals surface area contributed by atoms with Crippen LogP contribution in [0.15, 0.2) is 97.2 Å². The summed E-state index contributed by atoms with van der Waals surface area (Å²) in [5.74, 6) is -0.972. The second-order valence-corrected chi connectivity index (χ2v) is 19.5. The summed E-state index contributed by atoms with van der Waals surface area (Å²) in [4.78, 5) is 38.2. The molecule has 0 rings (SSSR count). The fourth-order valence-electron chi connectivity index (χ4n) is 8.09. The van der Waals surface area contributed by atoms with Crippen LogP contribution in [0.25, 0.3) is 0 Å². The van der Waals surface area contributed by atoms with E-state index in [0.29, 0.717) is 19.3 Å². The molecule has 0 radical (unpaired) electrons. The fraction of sp³-hybridized carbons (Fsp3) is 0.708. The number of esters is 3. The second-order valence-electron chi connectivity index (χ2n) is 19.5. The summed E-state index contributed by atoms with van der Waals surface area (Å²) in [6.45, 7) is 6.45. The Labute approximate surface area is 438 Å². The molecule has 0 aliphatic heterocycles. The quantitative estimate of drug-likeness (QED) is 0.0261. The molecule has 0 N–H and O–H groups in total. The van der Waals surface area contributed by atoms with E-state index in [1.54, 1.807) is 0 Å². The standard InChI is InChI=1S/C65H110O6/c1-4-7-10-13-16-19-22-25-28-30-31-32-33-35-38-40-43-46-49-52-55-58-64(67)70-61-62(71-65(68)59-56-53-50-47-44-41-36-27-24-21-18-15-12-9-6-3)60-69-63(66)57-54-51-48-45-42-39-37-34-29-26-23-20-17-14-11-8-5-2/h8,11,17-18,20-21,25-29,36-37,39,45,48,62H,4-7,9-10,12-16,19,22-24,30-35,38,40-44,46-47,49-61H2,1-3H3/b11-8-,20-17-,21-18-,28-25-,29-26-,36-27-,39-37-,48-45-/t62-/m1/s1. The Hall–Kier alpha value is -3.67. The Kier molecular flexibility index (Phi) is 55.9. The normalized spacial score (nSPS) is 12.8. The SMILES string of the molecule is CC/C=C\C/C=C\C/C=C\C/C=C\C/C=C\CCCC(=O)OC[C@H](COC(=O)CCCCCCCCCCCCC/C=C\CCCCCCCC)OC(=O)CCCCCCC/C=C\C/C=C\CCCCC. The molecule has 0 aliphatic carbocycles. The predicted molar refractivity (Wildman–Crippen MR) is 307 cm³/mol. The van der Waals surface area contributed by atoms with Gasteiger partial charge < -0.3 is 14.2 Å². The average molecular weight is 988 g/mol. The number of rotatable bonds is 53. The molecular weight excluding hydrogens is 877 g/mol. The molecule has 0 amide bonds. The molecule has 0 heterocycles. The van der Waals surface area contributed by atoms with Crippen molar-refractivity contribution in [1.82, 2.24) is 0 Å². The zero-order valence-corrected chi connectivity index (χ0v) is 46.5. The van der Waals surface area contributed by atoms with E-state index in [1.807, 2.05) is 0 Å². The molecule has 406 valence electrons. The average Bonchev–Trinajstić information content (AvgIpc) is 3.37. The number of ether oxygens (including phenoxy) is 3. The number of carbonyl (C=O) groups excluding carboxylic acids is 3. The zero-order chi connectivity index (χ0) is 51.4. The lowest BCUT2D eigenvalue weighted by Crippen LogP contribution is -2.30. The first kappa shape index (κ1) is 67.3. The molecule has 0 saturated carbocycles. The summed E-state index contributed by atoms with van der Waals surface area (Å²) in [6.07, 6.45) is 78.3. The van der Waals surface area contributed by atoms with E-state index in [4.69, 9.17) is 14.2 Å². The minimum atomic E-state index is -0.809. The highest BCUT2D eigenvalue weighted by molar-refractivity contribution is 5.71. The minimum absolute atomic E-state index is 0.101. The van der Waals surface area contributed by atoms with Crippen LogP contribution in [0.3, 0.4) is 0 Å². The highest BCUT2D eigenvalue weighted by Gasteiger charge is 2.19. The van der Waals surface area contributed by atoms with E-state index >= 15 is 0 Å². The maximum absolute atomic E-state index is 12.9. The maximum Gasteiger partial charge on any atom is 0.306 e. The first-order chi connectivity index (χ1) is 35.0. The van der Waals surface area contributed by atoms with Gasteiger partial charge in [0.05, 0.1) is 0 Å². The van der Waals surface area contributed by atoms with Crippen LogP contribution in [-0.2, 0) is 28.6 Å². The smallest absolute Gasteiger partial charge is 0.306 e. The van der Waals surface area contributed by atoms with E-state index in [9.17, 15) is 14.4 Å². The molecule has 1 atom stereocenters. The van der Waals surface area contributed by atoms with Crippen molar-refractivity contribution < 1.29 is 28.6 Å². The number of allylic oxidation sites excluding steroid dienone is 16. The largest absolute Gasteiger partial charge is 0.462 e. The van der Waals surface area contributed by atoms with Gasteiger partial charge in [-0.3, -0.25) is 14.4 Å². The molecule has 6 nitrogen and oxygen atoms in total. The molecule has 0 saturated heterocycles. The van der Waals surface area contributed by atoms with Gasteiger partial charge in [0.2, 0.25) is 0 Å². The van der Waals surface area contributed by atoms with Gasteiger partial charge in [-0.05, 0) is 116 Å². The van der Waals surface area contributed by atoms with Crippen LogP contribution >= 0.6 is 0 Å². The third kappa shape index (κ3) is 57.1. The van der Waals surface area contributed by atoms with Crippen molar-refractivity contribution in [3.8, 4) is 0 Å². The van der Waals surface area contributed by atoms with Crippen LogP contribution < -0.4 is 0 Å². The Balaban J connectivity index is 4.44. The van der Waals surface area contributed by atoms with Crippen LogP contribution in [0.1, 0.15) is 278 Å². The molecule has 0 spiro atoms. The molecule has 0 aromatic heterocycles. The van der Waals surface area contributed by atoms with E-state index < -0.39 is 6.10 Å². The molecule has 71 heavy (non-hydrogen) atoms. The Morgan fingerprint density at radius 1 is 0.296 bits per heavy atom. The van der Waals surface area contributed by atoms with Crippen molar-refractivity contribution in [3.63, 3.8) is 0 Å². The first-order valence-corrected chi connectivity index (χ1v) is 29.7. The molecule has 0 fully saturated rings. The Bertz CT molecular complexity index is 1410. The van der Waals surface area contributed by atoms with Gasteiger partial charge in [-0.2, -0.15) is 0 Å². The zero-order valence-electron chi connectivity index (χ0n) is 46.5. The van der Waals surface area contributed by atoms with Crippen LogP contribution in [0.4, 0.5) is 0 Å². The number of hydrogen-bond acceptors (Lipinski definition) is 6. The fourth-order valence-corrected chi connectivity index (χ4v) is 8.09. The van der Waals surface area contributed by atoms with Crippen LogP contribution in [0, 0.1) is 0 Å². The number of unbranched alkanes of at least 4 members (excludes halogenated alkanes) is 26. The van der Waals surface area contributed by atoms with Crippen molar-refractivity contribution in [2.24, 2.45) is 0 Å². The van der Waals surface area contributed by atoms with Gasteiger partial charge in [-0.25, -0.2) is 0 Å². The van der Waals surface area contributed by atoms with Gasteiger partial charge in [0.25, 0.3) is 0 Å². The molecular formula is C65H110O6. The van der Waals surface area contributed by atoms with Crippen molar-refractivity contribution in [1.29, 1.82) is 0 Å². The summed E-state index contributed by atoms with van der Waals surface area (Å²) in [5, 5.41) is 0. The number of carbonyl (C=O) groups is 3. The van der Waals surface area contributed by atoms with Gasteiger partial charge in [-0.1, -0.05) is 240 Å². The van der Waals surface area contributed by atoms with Crippen molar-refractivity contribution >= 4 is 17.9 Å². The summed E-state index contributed by atoms with van der Waals surface area (Å²) in [6, 6.07) is 0. The summed E-state index contributed by atoms with van der Waals surface area (Å²) in [5.41, 5.74) is 0. The maximum atomic E-state index is 12.9. The molecule has 0 bridgehead atoms.